The van der Waals surface area contributed by atoms with Crippen LogP contribution in [0.25, 0.3) is 21.8 Å². The van der Waals surface area contributed by atoms with Crippen LogP contribution in [0.3, 0.4) is 0 Å². The summed E-state index contributed by atoms with van der Waals surface area (Å²) in [6.45, 7) is 0. The molecule has 4 aromatic rings. The van der Waals surface area contributed by atoms with Crippen molar-refractivity contribution < 1.29 is 19.8 Å². The molecule has 0 aliphatic heterocycles. The van der Waals surface area contributed by atoms with Crippen LogP contribution in [0.4, 0.5) is 0 Å². The van der Waals surface area contributed by atoms with Crippen LogP contribution in [-0.4, -0.2) is 44.2 Å². The highest BCUT2D eigenvalue weighted by Crippen LogP contribution is 2.18. The summed E-state index contributed by atoms with van der Waals surface area (Å²) >= 11 is 0. The van der Waals surface area contributed by atoms with E-state index < -0.39 is 24.0 Å². The molecule has 2 aromatic carbocycles. The number of aromatic amines is 2. The molecule has 0 amide bonds. The Bertz CT molecular complexity index is 1120. The Balaban J connectivity index is 0.000000171. The van der Waals surface area contributed by atoms with Gasteiger partial charge in [0.05, 0.1) is 0 Å². The summed E-state index contributed by atoms with van der Waals surface area (Å²) in [5, 5.41) is 19.5. The first kappa shape index (κ1) is 21.1. The van der Waals surface area contributed by atoms with Crippen LogP contribution >= 0.6 is 0 Å². The minimum absolute atomic E-state index is 0.323. The summed E-state index contributed by atoms with van der Waals surface area (Å²) in [7, 11) is 0. The number of carboxylic acids is 2. The molecule has 0 saturated carbocycles. The monoisotopic (exact) mass is 408 g/mol. The molecule has 156 valence electrons. The van der Waals surface area contributed by atoms with E-state index in [1.807, 2.05) is 60.8 Å². The van der Waals surface area contributed by atoms with Gasteiger partial charge in [-0.25, -0.2) is 0 Å². The second kappa shape index (κ2) is 9.25. The van der Waals surface area contributed by atoms with Crippen molar-refractivity contribution >= 4 is 33.7 Å². The zero-order valence-electron chi connectivity index (χ0n) is 16.2. The van der Waals surface area contributed by atoms with Gasteiger partial charge in [-0.1, -0.05) is 36.4 Å². The lowest BCUT2D eigenvalue weighted by Gasteiger charge is -2.04. The minimum atomic E-state index is -0.978. The molecule has 0 fully saturated rings. The molecule has 1 unspecified atom stereocenters. The van der Waals surface area contributed by atoms with Gasteiger partial charge in [0.2, 0.25) is 0 Å². The Morgan fingerprint density at radius 1 is 0.867 bits per heavy atom. The maximum Gasteiger partial charge on any atom is 0.320 e. The van der Waals surface area contributed by atoms with Gasteiger partial charge in [0.25, 0.3) is 0 Å². The van der Waals surface area contributed by atoms with E-state index in [1.54, 1.807) is 0 Å². The fraction of sp³-hybridized carbons (Fsp3) is 0.182. The molecule has 30 heavy (non-hydrogen) atoms. The number of para-hydroxylation sites is 2. The highest BCUT2D eigenvalue weighted by atomic mass is 16.4. The van der Waals surface area contributed by atoms with Crippen molar-refractivity contribution in [3.05, 3.63) is 72.1 Å². The Morgan fingerprint density at radius 3 is 2.13 bits per heavy atom. The van der Waals surface area contributed by atoms with E-state index in [0.29, 0.717) is 12.8 Å². The molecule has 0 aliphatic carbocycles. The molecule has 0 aliphatic rings. The smallest absolute Gasteiger partial charge is 0.320 e. The topological polar surface area (TPSA) is 158 Å². The molecule has 8 nitrogen and oxygen atoms in total. The number of fused-ring (bicyclic) bond motifs is 2. The van der Waals surface area contributed by atoms with Crippen LogP contribution in [0.15, 0.2) is 60.8 Å². The Labute approximate surface area is 172 Å². The molecule has 8 N–H and O–H groups in total. The van der Waals surface area contributed by atoms with Gasteiger partial charge in [0.1, 0.15) is 12.1 Å². The highest BCUT2D eigenvalue weighted by molar-refractivity contribution is 5.84. The van der Waals surface area contributed by atoms with Crippen molar-refractivity contribution in [1.29, 1.82) is 0 Å². The first-order valence-electron chi connectivity index (χ1n) is 9.43. The van der Waals surface area contributed by atoms with Gasteiger partial charge in [0.15, 0.2) is 0 Å². The SMILES string of the molecule is NC(Cc1cc2ccccc2[nH]1)C(=O)O.N[C@@H](Cc1c[nH]c2ccccc12)C(=O)O. The number of carbonyl (C=O) groups is 2. The van der Waals surface area contributed by atoms with Crippen LogP contribution in [0, 0.1) is 0 Å². The molecule has 4 rings (SSSR count). The molecule has 2 heterocycles. The van der Waals surface area contributed by atoms with Gasteiger partial charge in [-0.3, -0.25) is 9.59 Å². The number of hydrogen-bond donors (Lipinski definition) is 6. The van der Waals surface area contributed by atoms with Crippen LogP contribution < -0.4 is 11.5 Å². The molecule has 0 bridgehead atoms. The fourth-order valence-electron chi connectivity index (χ4n) is 3.19. The number of aromatic nitrogens is 2. The molecule has 0 spiro atoms. The summed E-state index contributed by atoms with van der Waals surface area (Å²) in [6.07, 6.45) is 2.48. The summed E-state index contributed by atoms with van der Waals surface area (Å²) < 4.78 is 0. The normalized spacial score (nSPS) is 12.9. The van der Waals surface area contributed by atoms with Crippen LogP contribution in [-0.2, 0) is 22.4 Å². The lowest BCUT2D eigenvalue weighted by Crippen LogP contribution is -2.32. The number of hydrogen-bond acceptors (Lipinski definition) is 4. The van der Waals surface area contributed by atoms with Gasteiger partial charge in [-0.15, -0.1) is 0 Å². The molecule has 8 heteroatoms. The van der Waals surface area contributed by atoms with Crippen LogP contribution in [0.5, 0.6) is 0 Å². The van der Waals surface area contributed by atoms with E-state index in [9.17, 15) is 9.59 Å². The summed E-state index contributed by atoms with van der Waals surface area (Å²) in [6, 6.07) is 15.8. The lowest BCUT2D eigenvalue weighted by atomic mass is 10.1. The first-order valence-corrected chi connectivity index (χ1v) is 9.43. The number of aliphatic carboxylic acids is 2. The Hall–Kier alpha value is -3.62. The van der Waals surface area contributed by atoms with Crippen molar-refractivity contribution in [3.63, 3.8) is 0 Å². The summed E-state index contributed by atoms with van der Waals surface area (Å²) in [4.78, 5) is 27.4. The van der Waals surface area contributed by atoms with Gasteiger partial charge in [-0.2, -0.15) is 0 Å². The molecule has 2 aromatic heterocycles. The maximum atomic E-state index is 10.6. The van der Waals surface area contributed by atoms with E-state index >= 15 is 0 Å². The first-order chi connectivity index (χ1) is 14.3. The van der Waals surface area contributed by atoms with Crippen molar-refractivity contribution in [2.75, 3.05) is 0 Å². The Morgan fingerprint density at radius 2 is 1.47 bits per heavy atom. The van der Waals surface area contributed by atoms with Crippen LogP contribution in [0.1, 0.15) is 11.3 Å². The van der Waals surface area contributed by atoms with Crippen molar-refractivity contribution in [3.8, 4) is 0 Å². The van der Waals surface area contributed by atoms with Gasteiger partial charge in [0, 0.05) is 41.2 Å². The van der Waals surface area contributed by atoms with E-state index in [-0.39, 0.29) is 0 Å². The average Bonchev–Trinajstić information content (AvgIpc) is 3.32. The third-order valence-corrected chi connectivity index (χ3v) is 4.77. The number of benzene rings is 2. The predicted octanol–water partition coefficient (Wildman–Crippen LogP) is 2.24. The molecular weight excluding hydrogens is 384 g/mol. The van der Waals surface area contributed by atoms with E-state index in [2.05, 4.69) is 9.97 Å². The zero-order chi connectivity index (χ0) is 21.7. The lowest BCUT2D eigenvalue weighted by molar-refractivity contribution is -0.139. The molecule has 2 atom stereocenters. The van der Waals surface area contributed by atoms with Crippen molar-refractivity contribution in [2.45, 2.75) is 24.9 Å². The van der Waals surface area contributed by atoms with Gasteiger partial charge < -0.3 is 31.6 Å². The van der Waals surface area contributed by atoms with E-state index in [4.69, 9.17) is 21.7 Å². The maximum absolute atomic E-state index is 10.6. The number of H-pyrrole nitrogens is 2. The summed E-state index contributed by atoms with van der Waals surface area (Å²) in [5.74, 6) is -1.95. The average molecular weight is 408 g/mol. The second-order valence-electron chi connectivity index (χ2n) is 7.04. The number of nitrogens with one attached hydrogen (secondary N) is 2. The highest BCUT2D eigenvalue weighted by Gasteiger charge is 2.14. The number of rotatable bonds is 6. The van der Waals surface area contributed by atoms with E-state index in [0.717, 1.165) is 33.1 Å². The molecule has 0 radical (unpaired) electrons. The quantitative estimate of drug-likeness (QED) is 0.287. The predicted molar refractivity (Wildman–Crippen MR) is 115 cm³/mol. The minimum Gasteiger partial charge on any atom is -0.480 e. The fourth-order valence-corrected chi connectivity index (χ4v) is 3.19. The third-order valence-electron chi connectivity index (χ3n) is 4.77. The summed E-state index contributed by atoms with van der Waals surface area (Å²) in [5.41, 5.74) is 14.7. The van der Waals surface area contributed by atoms with E-state index in [1.165, 1.54) is 0 Å². The van der Waals surface area contributed by atoms with Crippen LogP contribution in [0.2, 0.25) is 0 Å². The standard InChI is InChI=1S/2C11H12N2O2/c12-9(11(14)15)5-7-6-13-10-4-2-1-3-8(7)10;12-9(11(14)15)6-8-5-7-3-1-2-4-10(7)13-8/h1-4,6,9,13H,5,12H2,(H,14,15);1-5,9,13H,6,12H2,(H,14,15)/t9-;/m0./s1. The van der Waals surface area contributed by atoms with Crippen molar-refractivity contribution in [2.24, 2.45) is 11.5 Å². The molecular formula is C22H24N4O4. The van der Waals surface area contributed by atoms with Gasteiger partial charge >= 0.3 is 11.9 Å². The zero-order valence-corrected chi connectivity index (χ0v) is 16.2. The number of nitrogens with two attached hydrogens (primary N) is 2. The third kappa shape index (κ3) is 5.05. The number of carboxylic acid groups (broad SMARTS) is 2. The Kier molecular flexibility index (Phi) is 6.51. The molecule has 0 saturated heterocycles. The van der Waals surface area contributed by atoms with Gasteiger partial charge in [-0.05, 0) is 29.1 Å². The second-order valence-corrected chi connectivity index (χ2v) is 7.04. The largest absolute Gasteiger partial charge is 0.480 e. The van der Waals surface area contributed by atoms with Crippen molar-refractivity contribution in [1.82, 2.24) is 9.97 Å².